The molecule has 2 aromatic heterocycles. The zero-order chi connectivity index (χ0) is 19.4. The summed E-state index contributed by atoms with van der Waals surface area (Å²) in [5.74, 6) is -0.358. The fourth-order valence-electron chi connectivity index (χ4n) is 2.61. The van der Waals surface area contributed by atoms with E-state index in [0.29, 0.717) is 27.9 Å². The van der Waals surface area contributed by atoms with Crippen molar-refractivity contribution in [2.75, 3.05) is 6.61 Å². The molecule has 0 atom stereocenters. The summed E-state index contributed by atoms with van der Waals surface area (Å²) in [6.45, 7) is 5.47. The monoisotopic (exact) mass is 366 g/mol. The molecule has 0 saturated heterocycles. The summed E-state index contributed by atoms with van der Waals surface area (Å²) in [7, 11) is 0. The summed E-state index contributed by atoms with van der Waals surface area (Å²) in [6.07, 6.45) is 2.32. The van der Waals surface area contributed by atoms with Gasteiger partial charge in [0.1, 0.15) is 5.69 Å². The number of furan rings is 1. The molecular formula is C21H22N2O4. The van der Waals surface area contributed by atoms with Crippen LogP contribution in [0.3, 0.4) is 0 Å². The minimum Gasteiger partial charge on any atom is -0.463 e. The predicted molar refractivity (Wildman–Crippen MR) is 102 cm³/mol. The van der Waals surface area contributed by atoms with Crippen LogP contribution in [0.25, 0.3) is 22.4 Å². The smallest absolute Gasteiger partial charge is 0.339 e. The lowest BCUT2D eigenvalue weighted by Gasteiger charge is -2.24. The van der Waals surface area contributed by atoms with Gasteiger partial charge in [-0.15, -0.1) is 0 Å². The lowest BCUT2D eigenvalue weighted by Crippen LogP contribution is -2.44. The van der Waals surface area contributed by atoms with Crippen LogP contribution < -0.4 is 5.32 Å². The van der Waals surface area contributed by atoms with Gasteiger partial charge in [0, 0.05) is 10.9 Å². The number of esters is 1. The molecule has 0 bridgehead atoms. The molecule has 2 heterocycles. The van der Waals surface area contributed by atoms with Crippen molar-refractivity contribution in [3.05, 3.63) is 54.3 Å². The number of para-hydroxylation sites is 1. The molecule has 1 aromatic carbocycles. The van der Waals surface area contributed by atoms with Crippen LogP contribution in [-0.2, 0) is 9.53 Å². The van der Waals surface area contributed by atoms with Gasteiger partial charge in [-0.25, -0.2) is 9.78 Å². The molecule has 0 spiro atoms. The zero-order valence-corrected chi connectivity index (χ0v) is 15.6. The Morgan fingerprint density at radius 2 is 1.96 bits per heavy atom. The van der Waals surface area contributed by atoms with Crippen molar-refractivity contribution in [3.63, 3.8) is 0 Å². The molecule has 6 heteroatoms. The average molecular weight is 366 g/mol. The van der Waals surface area contributed by atoms with Crippen LogP contribution in [0.4, 0.5) is 0 Å². The fraction of sp³-hybridized carbons (Fsp3) is 0.286. The van der Waals surface area contributed by atoms with Gasteiger partial charge in [-0.1, -0.05) is 25.1 Å². The maximum absolute atomic E-state index is 12.7. The molecule has 0 saturated carbocycles. The van der Waals surface area contributed by atoms with Crippen LogP contribution in [0.1, 0.15) is 37.6 Å². The molecule has 140 valence electrons. The quantitative estimate of drug-likeness (QED) is 0.668. The normalized spacial score (nSPS) is 11.4. The van der Waals surface area contributed by atoms with Gasteiger partial charge in [-0.3, -0.25) is 4.79 Å². The van der Waals surface area contributed by atoms with E-state index in [0.717, 1.165) is 6.42 Å². The van der Waals surface area contributed by atoms with E-state index in [2.05, 4.69) is 10.3 Å². The molecule has 0 unspecified atom stereocenters. The maximum atomic E-state index is 12.7. The van der Waals surface area contributed by atoms with Gasteiger partial charge in [0.15, 0.2) is 12.4 Å². The van der Waals surface area contributed by atoms with E-state index >= 15 is 0 Å². The molecule has 3 aromatic rings. The molecule has 0 fully saturated rings. The molecule has 0 aliphatic carbocycles. The number of nitrogens with one attached hydrogen (secondary N) is 1. The number of benzene rings is 1. The van der Waals surface area contributed by atoms with E-state index in [9.17, 15) is 9.59 Å². The van der Waals surface area contributed by atoms with Crippen molar-refractivity contribution in [2.45, 2.75) is 32.7 Å². The molecule has 27 heavy (non-hydrogen) atoms. The van der Waals surface area contributed by atoms with Crippen molar-refractivity contribution in [2.24, 2.45) is 0 Å². The van der Waals surface area contributed by atoms with E-state index in [1.54, 1.807) is 30.5 Å². The Morgan fingerprint density at radius 1 is 1.19 bits per heavy atom. The minimum atomic E-state index is -0.578. The Kier molecular flexibility index (Phi) is 5.26. The molecular weight excluding hydrogens is 344 g/mol. The van der Waals surface area contributed by atoms with Crippen molar-refractivity contribution < 1.29 is 18.7 Å². The number of ether oxygens (including phenoxy) is 1. The highest BCUT2D eigenvalue weighted by atomic mass is 16.5. The summed E-state index contributed by atoms with van der Waals surface area (Å²) in [5, 5.41) is 3.50. The van der Waals surface area contributed by atoms with Crippen LogP contribution in [0, 0.1) is 0 Å². The molecule has 3 rings (SSSR count). The van der Waals surface area contributed by atoms with Crippen molar-refractivity contribution in [1.82, 2.24) is 10.3 Å². The van der Waals surface area contributed by atoms with E-state index in [-0.39, 0.29) is 18.1 Å². The number of amides is 1. The number of carbonyl (C=O) groups is 2. The van der Waals surface area contributed by atoms with Crippen LogP contribution >= 0.6 is 0 Å². The molecule has 0 radical (unpaired) electrons. The molecule has 0 aliphatic heterocycles. The maximum Gasteiger partial charge on any atom is 0.339 e. The summed E-state index contributed by atoms with van der Waals surface area (Å²) in [5.41, 5.74) is 1.17. The van der Waals surface area contributed by atoms with Crippen LogP contribution in [0.15, 0.2) is 53.1 Å². The Labute approximate surface area is 157 Å². The highest BCUT2D eigenvalue weighted by molar-refractivity contribution is 6.05. The van der Waals surface area contributed by atoms with Gasteiger partial charge in [0.2, 0.25) is 0 Å². The second kappa shape index (κ2) is 7.61. The van der Waals surface area contributed by atoms with Crippen molar-refractivity contribution in [1.29, 1.82) is 0 Å². The first-order valence-corrected chi connectivity index (χ1v) is 8.81. The zero-order valence-electron chi connectivity index (χ0n) is 15.6. The van der Waals surface area contributed by atoms with E-state index in [1.165, 1.54) is 0 Å². The summed E-state index contributed by atoms with van der Waals surface area (Å²) >= 11 is 0. The fourth-order valence-corrected chi connectivity index (χ4v) is 2.61. The number of hydrogen-bond acceptors (Lipinski definition) is 5. The van der Waals surface area contributed by atoms with Gasteiger partial charge in [0.25, 0.3) is 5.91 Å². The third kappa shape index (κ3) is 4.34. The number of pyridine rings is 1. The first-order chi connectivity index (χ1) is 12.9. The SMILES string of the molecule is CCC(C)(C)NC(=O)COC(=O)c1cc(-c2ccco2)nc2ccccc12. The number of fused-ring (bicyclic) bond motifs is 1. The summed E-state index contributed by atoms with van der Waals surface area (Å²) < 4.78 is 10.6. The minimum absolute atomic E-state index is 0.334. The first kappa shape index (κ1) is 18.6. The van der Waals surface area contributed by atoms with Crippen LogP contribution in [-0.4, -0.2) is 29.0 Å². The van der Waals surface area contributed by atoms with Crippen LogP contribution in [0.2, 0.25) is 0 Å². The third-order valence-electron chi connectivity index (χ3n) is 4.41. The standard InChI is InChI=1S/C21H22N2O4/c1-4-21(2,3)23-19(24)13-27-20(25)15-12-17(18-10-7-11-26-18)22-16-9-6-5-8-14(15)16/h5-12H,4,13H2,1-3H3,(H,23,24). The van der Waals surface area contributed by atoms with Gasteiger partial charge in [-0.2, -0.15) is 0 Å². The number of hydrogen-bond donors (Lipinski definition) is 1. The Bertz CT molecular complexity index is 961. The number of nitrogens with zero attached hydrogens (tertiary/aromatic N) is 1. The number of aromatic nitrogens is 1. The van der Waals surface area contributed by atoms with Gasteiger partial charge in [-0.05, 0) is 44.5 Å². The topological polar surface area (TPSA) is 81.4 Å². The third-order valence-corrected chi connectivity index (χ3v) is 4.41. The predicted octanol–water partition coefficient (Wildman–Crippen LogP) is 3.96. The number of rotatable bonds is 6. The van der Waals surface area contributed by atoms with E-state index < -0.39 is 5.97 Å². The van der Waals surface area contributed by atoms with Crippen molar-refractivity contribution in [3.8, 4) is 11.5 Å². The van der Waals surface area contributed by atoms with Gasteiger partial charge < -0.3 is 14.5 Å². The highest BCUT2D eigenvalue weighted by Gasteiger charge is 2.20. The Morgan fingerprint density at radius 3 is 2.67 bits per heavy atom. The van der Waals surface area contributed by atoms with Crippen molar-refractivity contribution >= 4 is 22.8 Å². The van der Waals surface area contributed by atoms with Gasteiger partial charge >= 0.3 is 5.97 Å². The Hall–Kier alpha value is -3.15. The highest BCUT2D eigenvalue weighted by Crippen LogP contribution is 2.25. The molecule has 0 aliphatic rings. The van der Waals surface area contributed by atoms with Crippen LogP contribution in [0.5, 0.6) is 0 Å². The lowest BCUT2D eigenvalue weighted by atomic mass is 10.0. The summed E-state index contributed by atoms with van der Waals surface area (Å²) in [4.78, 5) is 29.2. The molecule has 6 nitrogen and oxygen atoms in total. The van der Waals surface area contributed by atoms with E-state index in [1.807, 2.05) is 39.0 Å². The molecule has 1 N–H and O–H groups in total. The largest absolute Gasteiger partial charge is 0.463 e. The molecule has 1 amide bonds. The first-order valence-electron chi connectivity index (χ1n) is 8.81. The van der Waals surface area contributed by atoms with E-state index in [4.69, 9.17) is 9.15 Å². The second-order valence-corrected chi connectivity index (χ2v) is 6.91. The average Bonchev–Trinajstić information content (AvgIpc) is 3.19. The Balaban J connectivity index is 1.84. The van der Waals surface area contributed by atoms with Gasteiger partial charge in [0.05, 0.1) is 17.3 Å². The number of carbonyl (C=O) groups excluding carboxylic acids is 2. The lowest BCUT2D eigenvalue weighted by molar-refractivity contribution is -0.125. The summed E-state index contributed by atoms with van der Waals surface area (Å²) in [6, 6.07) is 12.4. The second-order valence-electron chi connectivity index (χ2n) is 6.91.